The Hall–Kier alpha value is -3.11. The van der Waals surface area contributed by atoms with Crippen LogP contribution < -0.4 is 0 Å². The van der Waals surface area contributed by atoms with Gasteiger partial charge >= 0.3 is 6.18 Å². The number of aryl methyl sites for hydroxylation is 1. The van der Waals surface area contributed by atoms with Crippen molar-refractivity contribution in [3.63, 3.8) is 0 Å². The van der Waals surface area contributed by atoms with E-state index >= 15 is 0 Å². The van der Waals surface area contributed by atoms with Crippen LogP contribution >= 0.6 is 0 Å². The quantitative estimate of drug-likeness (QED) is 0.401. The minimum atomic E-state index is -4.68. The van der Waals surface area contributed by atoms with Crippen LogP contribution in [0, 0.1) is 0 Å². The summed E-state index contributed by atoms with van der Waals surface area (Å²) in [7, 11) is -2.49. The maximum atomic E-state index is 13.4. The Labute approximate surface area is 203 Å². The molecule has 0 atom stereocenters. The summed E-state index contributed by atoms with van der Waals surface area (Å²) in [5, 5.41) is 0. The highest BCUT2D eigenvalue weighted by molar-refractivity contribution is 7.89. The second-order valence-corrected chi connectivity index (χ2v) is 10.1. The molecule has 3 rings (SSSR count). The molecule has 3 aromatic rings. The molecular weight excluding hydrogens is 479 g/mol. The third-order valence-corrected chi connectivity index (χ3v) is 7.40. The maximum Gasteiger partial charge on any atom is 0.416 e. The number of carbonyl (C=O) groups excluding carboxylic acids is 1. The lowest BCUT2D eigenvalue weighted by Crippen LogP contribution is -2.43. The molecule has 10 heteroatoms. The number of alkyl halides is 3. The molecule has 0 aliphatic heterocycles. The molecule has 0 aliphatic rings. The molecule has 0 aliphatic carbocycles. The molecule has 0 saturated carbocycles. The average Bonchev–Trinajstić information content (AvgIpc) is 3.22. The highest BCUT2D eigenvalue weighted by Gasteiger charge is 2.34. The van der Waals surface area contributed by atoms with E-state index in [2.05, 4.69) is 0 Å². The Kier molecular flexibility index (Phi) is 8.39. The highest BCUT2D eigenvalue weighted by Crippen LogP contribution is 2.31. The number of sulfonamides is 1. The predicted molar refractivity (Wildman–Crippen MR) is 127 cm³/mol. The lowest BCUT2D eigenvalue weighted by atomic mass is 10.2. The molecule has 0 unspecified atom stereocenters. The zero-order valence-electron chi connectivity index (χ0n) is 19.6. The number of hydrogen-bond acceptors (Lipinski definition) is 3. The van der Waals surface area contributed by atoms with Gasteiger partial charge in [-0.25, -0.2) is 8.42 Å². The number of amides is 1. The fourth-order valence-corrected chi connectivity index (χ4v) is 5.19. The summed E-state index contributed by atoms with van der Waals surface area (Å²) in [6, 6.07) is 16.6. The van der Waals surface area contributed by atoms with Gasteiger partial charge in [0.1, 0.15) is 0 Å². The molecule has 0 N–H and O–H groups in total. The minimum Gasteiger partial charge on any atom is -0.353 e. The smallest absolute Gasteiger partial charge is 0.353 e. The fraction of sp³-hybridized carbons (Fsp3) is 0.320. The van der Waals surface area contributed by atoms with E-state index in [4.69, 9.17) is 0 Å². The van der Waals surface area contributed by atoms with Crippen LogP contribution in [0.3, 0.4) is 0 Å². The van der Waals surface area contributed by atoms with Gasteiger partial charge in [-0.3, -0.25) is 4.79 Å². The van der Waals surface area contributed by atoms with Crippen molar-refractivity contribution < 1.29 is 26.4 Å². The van der Waals surface area contributed by atoms with Crippen molar-refractivity contribution in [1.82, 2.24) is 13.8 Å². The van der Waals surface area contributed by atoms with E-state index in [-0.39, 0.29) is 19.6 Å². The first-order valence-corrected chi connectivity index (χ1v) is 12.6. The van der Waals surface area contributed by atoms with Crippen molar-refractivity contribution in [1.29, 1.82) is 0 Å². The zero-order valence-corrected chi connectivity index (χ0v) is 20.4. The van der Waals surface area contributed by atoms with Gasteiger partial charge in [0.2, 0.25) is 15.9 Å². The second-order valence-electron chi connectivity index (χ2n) is 8.21. The largest absolute Gasteiger partial charge is 0.416 e. The monoisotopic (exact) mass is 507 g/mol. The molecule has 0 bridgehead atoms. The molecule has 0 spiro atoms. The molecule has 1 amide bonds. The normalized spacial score (nSPS) is 12.2. The SMILES string of the molecule is CCCN(CC(=O)N(Cc1ccccc1)Cc1cccn1C)S(=O)(=O)c1cccc(C(F)(F)F)c1. The number of aromatic nitrogens is 1. The molecule has 0 fully saturated rings. The van der Waals surface area contributed by atoms with Gasteiger partial charge in [0.05, 0.1) is 23.5 Å². The molecule has 6 nitrogen and oxygen atoms in total. The summed E-state index contributed by atoms with van der Waals surface area (Å²) in [6.45, 7) is 1.76. The Morgan fingerprint density at radius 1 is 0.971 bits per heavy atom. The number of hydrogen-bond donors (Lipinski definition) is 0. The Bertz CT molecular complexity index is 1240. The third kappa shape index (κ3) is 6.73. The van der Waals surface area contributed by atoms with Crippen LogP contribution in [-0.4, -0.2) is 41.2 Å². The zero-order chi connectivity index (χ0) is 25.6. The summed E-state index contributed by atoms with van der Waals surface area (Å²) in [6.07, 6.45) is -2.44. The van der Waals surface area contributed by atoms with Gasteiger partial charge in [0, 0.05) is 32.0 Å². The van der Waals surface area contributed by atoms with E-state index in [1.54, 1.807) is 11.8 Å². The summed E-state index contributed by atoms with van der Waals surface area (Å²) in [5.41, 5.74) is 0.672. The Morgan fingerprint density at radius 2 is 1.69 bits per heavy atom. The van der Waals surface area contributed by atoms with E-state index in [1.807, 2.05) is 60.3 Å². The topological polar surface area (TPSA) is 62.6 Å². The maximum absolute atomic E-state index is 13.4. The third-order valence-electron chi connectivity index (χ3n) is 5.56. The average molecular weight is 508 g/mol. The van der Waals surface area contributed by atoms with Crippen LogP contribution in [0.5, 0.6) is 0 Å². The van der Waals surface area contributed by atoms with Crippen LogP contribution in [0.1, 0.15) is 30.2 Å². The lowest BCUT2D eigenvalue weighted by molar-refractivity contribution is -0.137. The molecule has 0 saturated heterocycles. The van der Waals surface area contributed by atoms with Crippen LogP contribution in [0.25, 0.3) is 0 Å². The van der Waals surface area contributed by atoms with Gasteiger partial charge < -0.3 is 9.47 Å². The number of carbonyl (C=O) groups is 1. The number of halogens is 3. The molecule has 1 heterocycles. The van der Waals surface area contributed by atoms with Crippen LogP contribution in [0.4, 0.5) is 13.2 Å². The summed E-state index contributed by atoms with van der Waals surface area (Å²) < 4.78 is 68.9. The van der Waals surface area contributed by atoms with E-state index < -0.39 is 39.1 Å². The Morgan fingerprint density at radius 3 is 2.29 bits per heavy atom. The summed E-state index contributed by atoms with van der Waals surface area (Å²) >= 11 is 0. The van der Waals surface area contributed by atoms with E-state index in [1.165, 1.54) is 0 Å². The highest BCUT2D eigenvalue weighted by atomic mass is 32.2. The molecule has 0 radical (unpaired) electrons. The Balaban J connectivity index is 1.89. The summed E-state index contributed by atoms with van der Waals surface area (Å²) in [4.78, 5) is 14.5. The predicted octanol–water partition coefficient (Wildman–Crippen LogP) is 4.67. The van der Waals surface area contributed by atoms with Gasteiger partial charge in [-0.2, -0.15) is 17.5 Å². The summed E-state index contributed by atoms with van der Waals surface area (Å²) in [5.74, 6) is -0.445. The molecular formula is C25H28F3N3O3S. The molecule has 1 aromatic heterocycles. The van der Waals surface area contributed by atoms with E-state index in [0.717, 1.165) is 33.8 Å². The number of nitrogens with zero attached hydrogens (tertiary/aromatic N) is 3. The van der Waals surface area contributed by atoms with Crippen molar-refractivity contribution in [3.05, 3.63) is 89.7 Å². The first-order valence-electron chi connectivity index (χ1n) is 11.1. The van der Waals surface area contributed by atoms with E-state index in [9.17, 15) is 26.4 Å². The van der Waals surface area contributed by atoms with Gasteiger partial charge in [0.25, 0.3) is 0 Å². The fourth-order valence-electron chi connectivity index (χ4n) is 3.66. The van der Waals surface area contributed by atoms with Gasteiger partial charge in [-0.05, 0) is 42.3 Å². The molecule has 188 valence electrons. The van der Waals surface area contributed by atoms with Crippen molar-refractivity contribution in [2.75, 3.05) is 13.1 Å². The van der Waals surface area contributed by atoms with Crippen LogP contribution in [-0.2, 0) is 41.1 Å². The minimum absolute atomic E-state index is 0.00630. The van der Waals surface area contributed by atoms with Crippen molar-refractivity contribution in [2.45, 2.75) is 37.5 Å². The first kappa shape index (κ1) is 26.5. The first-order chi connectivity index (χ1) is 16.5. The van der Waals surface area contributed by atoms with Crippen molar-refractivity contribution in [2.24, 2.45) is 7.05 Å². The van der Waals surface area contributed by atoms with Gasteiger partial charge in [-0.1, -0.05) is 43.3 Å². The van der Waals surface area contributed by atoms with Crippen LogP contribution in [0.2, 0.25) is 0 Å². The van der Waals surface area contributed by atoms with Gasteiger partial charge in [0.15, 0.2) is 0 Å². The second kappa shape index (κ2) is 11.1. The van der Waals surface area contributed by atoms with Crippen molar-refractivity contribution >= 4 is 15.9 Å². The standard InChI is InChI=1S/C25H28F3N3O3S/c1-3-14-31(35(33,34)23-13-7-11-21(16-23)25(26,27)28)19-24(32)30(17-20-9-5-4-6-10-20)18-22-12-8-15-29(22)2/h4-13,15-16H,3,14,17-19H2,1-2H3. The number of rotatable bonds is 10. The molecule has 2 aromatic carbocycles. The van der Waals surface area contributed by atoms with Crippen molar-refractivity contribution in [3.8, 4) is 0 Å². The van der Waals surface area contributed by atoms with E-state index in [0.29, 0.717) is 12.5 Å². The van der Waals surface area contributed by atoms with Crippen LogP contribution in [0.15, 0.2) is 77.8 Å². The number of benzene rings is 2. The van der Waals surface area contributed by atoms with Gasteiger partial charge in [-0.15, -0.1) is 0 Å². The molecule has 35 heavy (non-hydrogen) atoms. The lowest BCUT2D eigenvalue weighted by Gasteiger charge is -2.27.